The van der Waals surface area contributed by atoms with Crippen molar-refractivity contribution in [1.82, 2.24) is 16.0 Å². The minimum absolute atomic E-state index is 0. The van der Waals surface area contributed by atoms with Crippen LogP contribution in [0.2, 0.25) is 0 Å². The Labute approximate surface area is 136 Å². The van der Waals surface area contributed by atoms with Crippen molar-refractivity contribution in [3.63, 3.8) is 0 Å². The fraction of sp³-hybridized carbons (Fsp3) is 0.500. The van der Waals surface area contributed by atoms with Gasteiger partial charge in [-0.15, -0.1) is 12.4 Å². The molecule has 3 rings (SSSR count). The maximum absolute atomic E-state index is 12.1. The van der Waals surface area contributed by atoms with Gasteiger partial charge in [-0.1, -0.05) is 24.3 Å². The molecule has 22 heavy (non-hydrogen) atoms. The summed E-state index contributed by atoms with van der Waals surface area (Å²) in [5.74, 6) is 0.344. The zero-order valence-corrected chi connectivity index (χ0v) is 13.2. The standard InChI is InChI=1S/C16H21N3O2.ClH/c20-15(11-5-6-11)17-7-8-18-16(21)14-9-12-3-1-2-4-13(12)10-19-14;/h1-4,11,14,19H,5-10H2,(H,17,20)(H,18,21);1H. The molecule has 1 aliphatic heterocycles. The lowest BCUT2D eigenvalue weighted by Crippen LogP contribution is -2.49. The Morgan fingerprint density at radius 2 is 1.68 bits per heavy atom. The second-order valence-electron chi connectivity index (χ2n) is 5.76. The Bertz CT molecular complexity index is 546. The van der Waals surface area contributed by atoms with Gasteiger partial charge in [-0.05, 0) is 30.4 Å². The molecule has 1 unspecified atom stereocenters. The number of benzene rings is 1. The van der Waals surface area contributed by atoms with Crippen molar-refractivity contribution >= 4 is 24.2 Å². The van der Waals surface area contributed by atoms with E-state index >= 15 is 0 Å². The van der Waals surface area contributed by atoms with Crippen LogP contribution in [-0.4, -0.2) is 30.9 Å². The molecule has 6 heteroatoms. The van der Waals surface area contributed by atoms with Gasteiger partial charge >= 0.3 is 0 Å². The second kappa shape index (κ2) is 7.61. The van der Waals surface area contributed by atoms with Crippen LogP contribution in [0.15, 0.2) is 24.3 Å². The van der Waals surface area contributed by atoms with Gasteiger partial charge in [0.15, 0.2) is 0 Å². The maximum Gasteiger partial charge on any atom is 0.237 e. The third-order valence-corrected chi connectivity index (χ3v) is 4.07. The van der Waals surface area contributed by atoms with Crippen LogP contribution in [-0.2, 0) is 22.6 Å². The lowest BCUT2D eigenvalue weighted by molar-refractivity contribution is -0.124. The molecule has 1 aliphatic carbocycles. The Morgan fingerprint density at radius 1 is 1.05 bits per heavy atom. The van der Waals surface area contributed by atoms with Gasteiger partial charge in [-0.25, -0.2) is 0 Å². The van der Waals surface area contributed by atoms with E-state index < -0.39 is 0 Å². The van der Waals surface area contributed by atoms with Gasteiger partial charge in [0.25, 0.3) is 0 Å². The predicted molar refractivity (Wildman–Crippen MR) is 86.8 cm³/mol. The molecular formula is C16H22ClN3O2. The summed E-state index contributed by atoms with van der Waals surface area (Å²) in [5.41, 5.74) is 2.50. The molecule has 1 atom stereocenters. The number of hydrogen-bond acceptors (Lipinski definition) is 3. The van der Waals surface area contributed by atoms with E-state index in [0.717, 1.165) is 25.8 Å². The van der Waals surface area contributed by atoms with Crippen molar-refractivity contribution in [2.24, 2.45) is 5.92 Å². The first-order chi connectivity index (χ1) is 10.2. The monoisotopic (exact) mass is 323 g/mol. The number of nitrogens with one attached hydrogen (secondary N) is 3. The molecule has 2 amide bonds. The van der Waals surface area contributed by atoms with Gasteiger partial charge in [0.2, 0.25) is 11.8 Å². The number of fused-ring (bicyclic) bond motifs is 1. The third-order valence-electron chi connectivity index (χ3n) is 4.07. The zero-order valence-electron chi connectivity index (χ0n) is 12.4. The summed E-state index contributed by atoms with van der Waals surface area (Å²) in [5, 5.41) is 8.98. The van der Waals surface area contributed by atoms with Gasteiger partial charge < -0.3 is 16.0 Å². The van der Waals surface area contributed by atoms with Gasteiger partial charge in [0.1, 0.15) is 0 Å². The first-order valence-electron chi connectivity index (χ1n) is 7.59. The summed E-state index contributed by atoms with van der Waals surface area (Å²) >= 11 is 0. The van der Waals surface area contributed by atoms with E-state index in [0.29, 0.717) is 13.1 Å². The van der Waals surface area contributed by atoms with Crippen LogP contribution in [0.4, 0.5) is 0 Å². The van der Waals surface area contributed by atoms with E-state index in [4.69, 9.17) is 0 Å². The van der Waals surface area contributed by atoms with Crippen LogP contribution >= 0.6 is 12.4 Å². The molecule has 1 saturated carbocycles. The third kappa shape index (κ3) is 4.21. The summed E-state index contributed by atoms with van der Waals surface area (Å²) in [7, 11) is 0. The molecule has 2 aliphatic rings. The molecule has 3 N–H and O–H groups in total. The normalized spacial score (nSPS) is 19.5. The highest BCUT2D eigenvalue weighted by molar-refractivity contribution is 5.85. The molecule has 5 nitrogen and oxygen atoms in total. The number of rotatable bonds is 5. The van der Waals surface area contributed by atoms with Crippen LogP contribution in [0.3, 0.4) is 0 Å². The van der Waals surface area contributed by atoms with Crippen LogP contribution in [0.1, 0.15) is 24.0 Å². The van der Waals surface area contributed by atoms with Crippen LogP contribution in [0.25, 0.3) is 0 Å². The smallest absolute Gasteiger partial charge is 0.237 e. The summed E-state index contributed by atoms with van der Waals surface area (Å²) < 4.78 is 0. The molecule has 0 saturated heterocycles. The number of carbonyl (C=O) groups is 2. The van der Waals surface area contributed by atoms with Gasteiger partial charge in [-0.2, -0.15) is 0 Å². The van der Waals surface area contributed by atoms with E-state index in [1.807, 2.05) is 12.1 Å². The lowest BCUT2D eigenvalue weighted by Gasteiger charge is -2.25. The first-order valence-corrected chi connectivity index (χ1v) is 7.59. The summed E-state index contributed by atoms with van der Waals surface area (Å²) in [4.78, 5) is 23.6. The molecule has 0 aromatic heterocycles. The van der Waals surface area contributed by atoms with E-state index in [9.17, 15) is 9.59 Å². The minimum atomic E-state index is -0.181. The number of halogens is 1. The van der Waals surface area contributed by atoms with Gasteiger partial charge in [0, 0.05) is 25.6 Å². The van der Waals surface area contributed by atoms with E-state index in [2.05, 4.69) is 28.1 Å². The van der Waals surface area contributed by atoms with Crippen LogP contribution in [0.5, 0.6) is 0 Å². The average molecular weight is 324 g/mol. The van der Waals surface area contributed by atoms with Crippen molar-refractivity contribution in [1.29, 1.82) is 0 Å². The largest absolute Gasteiger partial charge is 0.354 e. The first kappa shape index (κ1) is 16.8. The quantitative estimate of drug-likeness (QED) is 0.701. The van der Waals surface area contributed by atoms with Crippen LogP contribution in [0, 0.1) is 5.92 Å². The zero-order chi connectivity index (χ0) is 14.7. The fourth-order valence-corrected chi connectivity index (χ4v) is 2.62. The van der Waals surface area contributed by atoms with Crippen molar-refractivity contribution < 1.29 is 9.59 Å². The second-order valence-corrected chi connectivity index (χ2v) is 5.76. The van der Waals surface area contributed by atoms with E-state index in [1.54, 1.807) is 0 Å². The topological polar surface area (TPSA) is 70.2 Å². The van der Waals surface area contributed by atoms with Gasteiger partial charge in [-0.3, -0.25) is 9.59 Å². The van der Waals surface area contributed by atoms with Crippen molar-refractivity contribution in [2.75, 3.05) is 13.1 Å². The summed E-state index contributed by atoms with van der Waals surface area (Å²) in [6.45, 7) is 1.72. The Hall–Kier alpha value is -1.59. The molecule has 1 aromatic carbocycles. The SMILES string of the molecule is Cl.O=C(NCCNC(=O)C1Cc2ccccc2CN1)C1CC1. The van der Waals surface area contributed by atoms with E-state index in [1.165, 1.54) is 11.1 Å². The Morgan fingerprint density at radius 3 is 2.36 bits per heavy atom. The van der Waals surface area contributed by atoms with E-state index in [-0.39, 0.29) is 36.2 Å². The molecule has 0 spiro atoms. The highest BCUT2D eigenvalue weighted by Gasteiger charge is 2.29. The summed E-state index contributed by atoms with van der Waals surface area (Å²) in [6.07, 6.45) is 2.73. The van der Waals surface area contributed by atoms with Crippen LogP contribution < -0.4 is 16.0 Å². The minimum Gasteiger partial charge on any atom is -0.354 e. The number of hydrogen-bond donors (Lipinski definition) is 3. The molecule has 120 valence electrons. The van der Waals surface area contributed by atoms with Crippen molar-refractivity contribution in [2.45, 2.75) is 31.8 Å². The molecule has 0 radical (unpaired) electrons. The molecule has 1 aromatic rings. The predicted octanol–water partition coefficient (Wildman–Crippen LogP) is 0.765. The molecular weight excluding hydrogens is 302 g/mol. The molecule has 0 bridgehead atoms. The van der Waals surface area contributed by atoms with Crippen molar-refractivity contribution in [3.05, 3.63) is 35.4 Å². The van der Waals surface area contributed by atoms with Crippen molar-refractivity contribution in [3.8, 4) is 0 Å². The van der Waals surface area contributed by atoms with Gasteiger partial charge in [0.05, 0.1) is 6.04 Å². The highest BCUT2D eigenvalue weighted by atomic mass is 35.5. The summed E-state index contributed by atoms with van der Waals surface area (Å²) in [6, 6.07) is 8.01. The molecule has 1 heterocycles. The highest BCUT2D eigenvalue weighted by Crippen LogP contribution is 2.28. The Kier molecular flexibility index (Phi) is 5.80. The fourth-order valence-electron chi connectivity index (χ4n) is 2.62. The molecule has 1 fully saturated rings. The number of carbonyl (C=O) groups excluding carboxylic acids is 2. The number of amides is 2. The average Bonchev–Trinajstić information content (AvgIpc) is 3.35. The lowest BCUT2D eigenvalue weighted by atomic mass is 9.95. The maximum atomic E-state index is 12.1. The Balaban J connectivity index is 0.00000176.